The van der Waals surface area contributed by atoms with Crippen molar-refractivity contribution >= 4 is 5.69 Å². The van der Waals surface area contributed by atoms with Crippen molar-refractivity contribution in [1.29, 1.82) is 0 Å². The third-order valence-electron chi connectivity index (χ3n) is 1.98. The minimum absolute atomic E-state index is 0.0370. The second kappa shape index (κ2) is 2.46. The van der Waals surface area contributed by atoms with E-state index in [2.05, 4.69) is 10.2 Å². The Balaban J connectivity index is 2.41. The molecule has 0 unspecified atom stereocenters. The zero-order valence-corrected chi connectivity index (χ0v) is 6.92. The van der Waals surface area contributed by atoms with Crippen LogP contribution >= 0.6 is 0 Å². The summed E-state index contributed by atoms with van der Waals surface area (Å²) in [5.41, 5.74) is 3.25. The number of anilines is 1. The Morgan fingerprint density at radius 1 is 1.21 bits per heavy atom. The lowest BCUT2D eigenvalue weighted by molar-refractivity contribution is -0.166. The van der Waals surface area contributed by atoms with Crippen molar-refractivity contribution in [2.24, 2.45) is 10.2 Å². The van der Waals surface area contributed by atoms with E-state index in [0.29, 0.717) is 0 Å². The second-order valence-corrected chi connectivity index (χ2v) is 3.00. The van der Waals surface area contributed by atoms with Gasteiger partial charge >= 0.3 is 11.8 Å². The quantitative estimate of drug-likeness (QED) is 0.697. The SMILES string of the molecule is Nc1cccc(C2(C(F)(F)F)N=N2)c1. The summed E-state index contributed by atoms with van der Waals surface area (Å²) >= 11 is 0. The molecule has 0 saturated carbocycles. The molecule has 1 aromatic rings. The first kappa shape index (κ1) is 8.98. The fraction of sp³-hybridized carbons (Fsp3) is 0.250. The summed E-state index contributed by atoms with van der Waals surface area (Å²) in [6.45, 7) is 0. The van der Waals surface area contributed by atoms with E-state index in [4.69, 9.17) is 5.73 Å². The molecule has 0 aromatic heterocycles. The minimum atomic E-state index is -4.49. The Hall–Kier alpha value is -1.59. The molecule has 0 amide bonds. The van der Waals surface area contributed by atoms with Crippen LogP contribution in [0.15, 0.2) is 34.5 Å². The summed E-state index contributed by atoms with van der Waals surface area (Å²) in [5.74, 6) is 0. The van der Waals surface area contributed by atoms with Gasteiger partial charge in [-0.15, -0.1) is 10.2 Å². The number of nitrogen functional groups attached to an aromatic ring is 1. The lowest BCUT2D eigenvalue weighted by Gasteiger charge is -2.14. The van der Waals surface area contributed by atoms with Gasteiger partial charge in [0.05, 0.1) is 0 Å². The number of halogens is 3. The number of nitrogens with zero attached hydrogens (tertiary/aromatic N) is 2. The lowest BCUT2D eigenvalue weighted by atomic mass is 10.0. The normalized spacial score (nSPS) is 18.2. The Labute approximate surface area is 77.4 Å². The van der Waals surface area contributed by atoms with Crippen LogP contribution in [-0.4, -0.2) is 6.18 Å². The number of nitrogens with two attached hydrogens (primary N) is 1. The summed E-state index contributed by atoms with van der Waals surface area (Å²) in [6.07, 6.45) is -4.49. The molecule has 2 rings (SSSR count). The van der Waals surface area contributed by atoms with Crippen LogP contribution in [0.5, 0.6) is 0 Å². The summed E-state index contributed by atoms with van der Waals surface area (Å²) in [5, 5.41) is 6.12. The van der Waals surface area contributed by atoms with E-state index in [0.717, 1.165) is 0 Å². The highest BCUT2D eigenvalue weighted by Gasteiger charge is 2.65. The molecule has 0 spiro atoms. The van der Waals surface area contributed by atoms with Crippen LogP contribution in [0.1, 0.15) is 5.56 Å². The van der Waals surface area contributed by atoms with Gasteiger partial charge < -0.3 is 5.73 Å². The molecule has 1 aromatic carbocycles. The van der Waals surface area contributed by atoms with E-state index < -0.39 is 11.8 Å². The van der Waals surface area contributed by atoms with Crippen LogP contribution in [0.3, 0.4) is 0 Å². The highest BCUT2D eigenvalue weighted by molar-refractivity contribution is 5.44. The van der Waals surface area contributed by atoms with E-state index in [1.165, 1.54) is 24.3 Å². The summed E-state index contributed by atoms with van der Waals surface area (Å²) in [7, 11) is 0. The topological polar surface area (TPSA) is 50.7 Å². The fourth-order valence-corrected chi connectivity index (χ4v) is 1.20. The van der Waals surface area contributed by atoms with Crippen molar-refractivity contribution in [3.8, 4) is 0 Å². The van der Waals surface area contributed by atoms with E-state index in [9.17, 15) is 13.2 Å². The number of hydrogen-bond donors (Lipinski definition) is 1. The predicted molar refractivity (Wildman–Crippen MR) is 43.4 cm³/mol. The number of alkyl halides is 3. The zero-order chi connectivity index (χ0) is 10.4. The highest BCUT2D eigenvalue weighted by Crippen LogP contribution is 2.52. The molecule has 14 heavy (non-hydrogen) atoms. The Bertz CT molecular complexity index is 391. The first-order valence-electron chi connectivity index (χ1n) is 3.82. The number of rotatable bonds is 1. The zero-order valence-electron chi connectivity index (χ0n) is 6.92. The first-order chi connectivity index (χ1) is 6.46. The average Bonchev–Trinajstić information content (AvgIpc) is 2.82. The van der Waals surface area contributed by atoms with Crippen molar-refractivity contribution in [2.45, 2.75) is 11.8 Å². The molecule has 0 aliphatic carbocycles. The van der Waals surface area contributed by atoms with Crippen LogP contribution in [-0.2, 0) is 5.66 Å². The number of benzene rings is 1. The van der Waals surface area contributed by atoms with Crippen molar-refractivity contribution in [2.75, 3.05) is 5.73 Å². The van der Waals surface area contributed by atoms with Crippen LogP contribution in [0.4, 0.5) is 18.9 Å². The fourth-order valence-electron chi connectivity index (χ4n) is 1.20. The molecule has 0 radical (unpaired) electrons. The lowest BCUT2D eigenvalue weighted by Crippen LogP contribution is -2.30. The van der Waals surface area contributed by atoms with E-state index in [1.807, 2.05) is 0 Å². The molecular weight excluding hydrogens is 195 g/mol. The molecule has 0 atom stereocenters. The third-order valence-corrected chi connectivity index (χ3v) is 1.98. The molecule has 74 valence electrons. The Kier molecular flexibility index (Phi) is 1.58. The largest absolute Gasteiger partial charge is 0.442 e. The monoisotopic (exact) mass is 201 g/mol. The molecule has 1 heterocycles. The van der Waals surface area contributed by atoms with Gasteiger partial charge in [0.1, 0.15) is 0 Å². The van der Waals surface area contributed by atoms with Gasteiger partial charge in [0.25, 0.3) is 0 Å². The van der Waals surface area contributed by atoms with Gasteiger partial charge in [-0.2, -0.15) is 13.2 Å². The van der Waals surface area contributed by atoms with E-state index >= 15 is 0 Å². The average molecular weight is 201 g/mol. The van der Waals surface area contributed by atoms with Crippen LogP contribution in [0.2, 0.25) is 0 Å². The maximum absolute atomic E-state index is 12.5. The molecule has 0 saturated heterocycles. The standard InChI is InChI=1S/C8H6F3N3/c9-8(10,11)7(13-14-7)5-2-1-3-6(12)4-5/h1-4H,12H2. The molecule has 3 nitrogen and oxygen atoms in total. The van der Waals surface area contributed by atoms with Gasteiger partial charge in [0, 0.05) is 11.3 Å². The molecule has 6 heteroatoms. The number of hydrogen-bond acceptors (Lipinski definition) is 3. The third kappa shape index (κ3) is 1.14. The van der Waals surface area contributed by atoms with Crippen molar-refractivity contribution in [3.05, 3.63) is 29.8 Å². The molecule has 2 N–H and O–H groups in total. The van der Waals surface area contributed by atoms with E-state index in [-0.39, 0.29) is 11.3 Å². The molecule has 1 aliphatic heterocycles. The van der Waals surface area contributed by atoms with Gasteiger partial charge in [-0.25, -0.2) is 0 Å². The highest BCUT2D eigenvalue weighted by atomic mass is 19.4. The molecule has 1 aliphatic rings. The van der Waals surface area contributed by atoms with Gasteiger partial charge in [-0.05, 0) is 12.1 Å². The Morgan fingerprint density at radius 2 is 1.86 bits per heavy atom. The molecule has 0 bridgehead atoms. The Morgan fingerprint density at radius 3 is 2.29 bits per heavy atom. The van der Waals surface area contributed by atoms with Gasteiger partial charge in [0.15, 0.2) is 0 Å². The van der Waals surface area contributed by atoms with E-state index in [1.54, 1.807) is 0 Å². The summed E-state index contributed by atoms with van der Waals surface area (Å²) < 4.78 is 37.5. The van der Waals surface area contributed by atoms with Crippen molar-refractivity contribution in [1.82, 2.24) is 0 Å². The summed E-state index contributed by atoms with van der Waals surface area (Å²) in [4.78, 5) is 0. The smallest absolute Gasteiger partial charge is 0.399 e. The minimum Gasteiger partial charge on any atom is -0.399 e. The molecular formula is C8H6F3N3. The maximum Gasteiger partial charge on any atom is 0.442 e. The van der Waals surface area contributed by atoms with Crippen LogP contribution in [0, 0.1) is 0 Å². The van der Waals surface area contributed by atoms with Crippen LogP contribution in [0.25, 0.3) is 0 Å². The molecule has 0 fully saturated rings. The van der Waals surface area contributed by atoms with Crippen molar-refractivity contribution < 1.29 is 13.2 Å². The van der Waals surface area contributed by atoms with Gasteiger partial charge in [-0.1, -0.05) is 12.1 Å². The maximum atomic E-state index is 12.5. The summed E-state index contributed by atoms with van der Waals surface area (Å²) in [6, 6.07) is 5.49. The first-order valence-corrected chi connectivity index (χ1v) is 3.82. The van der Waals surface area contributed by atoms with Gasteiger partial charge in [-0.3, -0.25) is 0 Å². The van der Waals surface area contributed by atoms with Crippen LogP contribution < -0.4 is 5.73 Å². The second-order valence-electron chi connectivity index (χ2n) is 3.00. The predicted octanol–water partition coefficient (Wildman–Crippen LogP) is 2.45. The van der Waals surface area contributed by atoms with Crippen molar-refractivity contribution in [3.63, 3.8) is 0 Å². The van der Waals surface area contributed by atoms with Gasteiger partial charge in [0.2, 0.25) is 0 Å².